The molecule has 0 amide bonds. The van der Waals surface area contributed by atoms with E-state index in [0.717, 1.165) is 5.01 Å². The molecule has 0 aliphatic rings. The van der Waals surface area contributed by atoms with E-state index in [9.17, 15) is 9.18 Å². The van der Waals surface area contributed by atoms with Gasteiger partial charge in [0.05, 0.1) is 10.5 Å². The van der Waals surface area contributed by atoms with Crippen molar-refractivity contribution in [3.63, 3.8) is 0 Å². The van der Waals surface area contributed by atoms with Gasteiger partial charge in [-0.3, -0.25) is 4.79 Å². The molecule has 0 aliphatic heterocycles. The summed E-state index contributed by atoms with van der Waals surface area (Å²) in [6.07, 6.45) is 0.112. The summed E-state index contributed by atoms with van der Waals surface area (Å²) in [6.45, 7) is 1.82. The van der Waals surface area contributed by atoms with Crippen molar-refractivity contribution >= 4 is 33.0 Å². The number of hydrogen-bond acceptors (Lipinski definition) is 4. The molecule has 3 nitrogen and oxygen atoms in total. The van der Waals surface area contributed by atoms with Gasteiger partial charge in [-0.1, -0.05) is 12.1 Å². The first kappa shape index (κ1) is 14.3. The van der Waals surface area contributed by atoms with Crippen LogP contribution in [0.3, 0.4) is 0 Å². The van der Waals surface area contributed by atoms with Gasteiger partial charge in [-0.15, -0.1) is 11.3 Å². The number of ketones is 1. The summed E-state index contributed by atoms with van der Waals surface area (Å²) < 4.78 is 13.7. The molecule has 1 aromatic heterocycles. The summed E-state index contributed by atoms with van der Waals surface area (Å²) in [7, 11) is 0. The summed E-state index contributed by atoms with van der Waals surface area (Å²) in [5.74, 6) is -0.519. The van der Waals surface area contributed by atoms with Gasteiger partial charge in [0.15, 0.2) is 5.78 Å². The normalized spacial score (nSPS) is 12.4. The van der Waals surface area contributed by atoms with E-state index in [1.165, 1.54) is 17.4 Å². The number of carbonyl (C=O) groups excluding carboxylic acids is 1. The van der Waals surface area contributed by atoms with E-state index in [-0.39, 0.29) is 24.1 Å². The molecule has 100 valence electrons. The molecule has 0 bridgehead atoms. The van der Waals surface area contributed by atoms with Crippen molar-refractivity contribution in [1.29, 1.82) is 0 Å². The fraction of sp³-hybridized carbons (Fsp3) is 0.231. The summed E-state index contributed by atoms with van der Waals surface area (Å²) in [4.78, 5) is 16.3. The Balaban J connectivity index is 2.18. The molecule has 1 atom stereocenters. The van der Waals surface area contributed by atoms with Crippen LogP contribution in [0, 0.1) is 5.82 Å². The Bertz CT molecular complexity index is 612. The molecule has 1 aromatic carbocycles. The smallest absolute Gasteiger partial charge is 0.186 e. The lowest BCUT2D eigenvalue weighted by Gasteiger charge is -2.03. The first-order chi connectivity index (χ1) is 8.99. The van der Waals surface area contributed by atoms with Crippen LogP contribution in [0.15, 0.2) is 28.1 Å². The molecular formula is C13H12BrFN2OS. The summed E-state index contributed by atoms with van der Waals surface area (Å²) in [6, 6.07) is 4.45. The maximum absolute atomic E-state index is 13.4. The van der Waals surface area contributed by atoms with E-state index in [1.54, 1.807) is 17.5 Å². The molecule has 0 fully saturated rings. The predicted molar refractivity (Wildman–Crippen MR) is 76.9 cm³/mol. The average Bonchev–Trinajstić information content (AvgIpc) is 2.84. The number of thiazole rings is 1. The quantitative estimate of drug-likeness (QED) is 0.865. The molecule has 0 aliphatic carbocycles. The molecule has 0 saturated heterocycles. The second kappa shape index (κ2) is 5.90. The van der Waals surface area contributed by atoms with Gasteiger partial charge in [-0.25, -0.2) is 9.37 Å². The highest BCUT2D eigenvalue weighted by atomic mass is 79.9. The van der Waals surface area contributed by atoms with Gasteiger partial charge >= 0.3 is 0 Å². The molecule has 6 heteroatoms. The van der Waals surface area contributed by atoms with Gasteiger partial charge in [-0.05, 0) is 34.5 Å². The number of Topliss-reactive ketones (excluding diaryl/α,β-unsaturated/α-hetero) is 1. The van der Waals surface area contributed by atoms with Crippen molar-refractivity contribution in [1.82, 2.24) is 4.98 Å². The van der Waals surface area contributed by atoms with E-state index >= 15 is 0 Å². The first-order valence-electron chi connectivity index (χ1n) is 5.66. The van der Waals surface area contributed by atoms with Crippen molar-refractivity contribution in [3.8, 4) is 0 Å². The lowest BCUT2D eigenvalue weighted by atomic mass is 10.1. The van der Waals surface area contributed by atoms with Crippen LogP contribution in [0.2, 0.25) is 0 Å². The number of halogens is 2. The van der Waals surface area contributed by atoms with Crippen molar-refractivity contribution in [2.45, 2.75) is 19.4 Å². The van der Waals surface area contributed by atoms with Crippen LogP contribution < -0.4 is 5.73 Å². The molecule has 0 saturated carbocycles. The van der Waals surface area contributed by atoms with Gasteiger partial charge in [0.25, 0.3) is 0 Å². The van der Waals surface area contributed by atoms with Crippen LogP contribution in [0.5, 0.6) is 0 Å². The van der Waals surface area contributed by atoms with Crippen LogP contribution in [0.1, 0.15) is 34.0 Å². The van der Waals surface area contributed by atoms with E-state index in [2.05, 4.69) is 20.9 Å². The van der Waals surface area contributed by atoms with Crippen LogP contribution >= 0.6 is 27.3 Å². The third-order valence-corrected chi connectivity index (χ3v) is 4.51. The van der Waals surface area contributed by atoms with Gasteiger partial charge in [0.2, 0.25) is 0 Å². The van der Waals surface area contributed by atoms with Crippen LogP contribution in [0.25, 0.3) is 0 Å². The van der Waals surface area contributed by atoms with Crippen molar-refractivity contribution in [2.24, 2.45) is 5.73 Å². The van der Waals surface area contributed by atoms with Crippen molar-refractivity contribution in [2.75, 3.05) is 0 Å². The Labute approximate surface area is 122 Å². The van der Waals surface area contributed by atoms with Gasteiger partial charge in [-0.2, -0.15) is 0 Å². The maximum Gasteiger partial charge on any atom is 0.186 e. The Morgan fingerprint density at radius 2 is 2.32 bits per heavy atom. The number of aromatic nitrogens is 1. The molecule has 1 heterocycles. The first-order valence-corrected chi connectivity index (χ1v) is 7.33. The maximum atomic E-state index is 13.4. The van der Waals surface area contributed by atoms with Crippen LogP contribution in [-0.4, -0.2) is 10.8 Å². The van der Waals surface area contributed by atoms with E-state index in [4.69, 9.17) is 5.73 Å². The van der Waals surface area contributed by atoms with Crippen molar-refractivity contribution in [3.05, 3.63) is 50.1 Å². The highest BCUT2D eigenvalue weighted by molar-refractivity contribution is 9.10. The second-order valence-electron chi connectivity index (χ2n) is 4.17. The predicted octanol–water partition coefficient (Wildman–Crippen LogP) is 3.49. The molecule has 2 rings (SSSR count). The third kappa shape index (κ3) is 3.26. The number of carbonyl (C=O) groups is 1. The lowest BCUT2D eigenvalue weighted by molar-refractivity contribution is 0.0988. The Hall–Kier alpha value is -1.11. The standard InChI is InChI=1S/C13H12BrFN2OS/c1-7(16)13-17-10(6-19-13)11(18)5-8-3-2-4-9(15)12(8)14/h2-4,6-7H,5,16H2,1H3. The van der Waals surface area contributed by atoms with Gasteiger partial charge in [0.1, 0.15) is 16.5 Å². The zero-order chi connectivity index (χ0) is 14.0. The Kier molecular flexibility index (Phi) is 4.44. The van der Waals surface area contributed by atoms with Gasteiger partial charge in [0, 0.05) is 11.8 Å². The minimum atomic E-state index is -0.375. The average molecular weight is 343 g/mol. The lowest BCUT2D eigenvalue weighted by Crippen LogP contribution is -2.08. The largest absolute Gasteiger partial charge is 0.322 e. The molecule has 2 N–H and O–H groups in total. The fourth-order valence-electron chi connectivity index (χ4n) is 1.57. The van der Waals surface area contributed by atoms with E-state index in [0.29, 0.717) is 15.7 Å². The summed E-state index contributed by atoms with van der Waals surface area (Å²) in [5, 5.41) is 2.41. The molecule has 19 heavy (non-hydrogen) atoms. The van der Waals surface area contributed by atoms with Crippen LogP contribution in [-0.2, 0) is 6.42 Å². The highest BCUT2D eigenvalue weighted by Crippen LogP contribution is 2.23. The molecule has 0 radical (unpaired) electrons. The summed E-state index contributed by atoms with van der Waals surface area (Å²) >= 11 is 4.51. The monoisotopic (exact) mass is 342 g/mol. The fourth-order valence-corrected chi connectivity index (χ4v) is 2.76. The third-order valence-electron chi connectivity index (χ3n) is 2.58. The highest BCUT2D eigenvalue weighted by Gasteiger charge is 2.15. The van der Waals surface area contributed by atoms with E-state index < -0.39 is 0 Å². The molecular weight excluding hydrogens is 331 g/mol. The van der Waals surface area contributed by atoms with Gasteiger partial charge < -0.3 is 5.73 Å². The number of benzene rings is 1. The second-order valence-corrected chi connectivity index (χ2v) is 5.86. The number of nitrogens with two attached hydrogens (primary N) is 1. The zero-order valence-corrected chi connectivity index (χ0v) is 12.6. The zero-order valence-electron chi connectivity index (χ0n) is 10.2. The van der Waals surface area contributed by atoms with Crippen LogP contribution in [0.4, 0.5) is 4.39 Å². The topological polar surface area (TPSA) is 56.0 Å². The number of nitrogens with zero attached hydrogens (tertiary/aromatic N) is 1. The Morgan fingerprint density at radius 1 is 1.58 bits per heavy atom. The van der Waals surface area contributed by atoms with Crippen molar-refractivity contribution < 1.29 is 9.18 Å². The molecule has 1 unspecified atom stereocenters. The minimum absolute atomic E-state index is 0.112. The SMILES string of the molecule is CC(N)c1nc(C(=O)Cc2cccc(F)c2Br)cs1. The minimum Gasteiger partial charge on any atom is -0.322 e. The molecule has 2 aromatic rings. The number of rotatable bonds is 4. The molecule has 0 spiro atoms. The van der Waals surface area contributed by atoms with E-state index in [1.807, 2.05) is 6.92 Å². The Morgan fingerprint density at radius 3 is 2.95 bits per heavy atom. The summed E-state index contributed by atoms with van der Waals surface area (Å²) in [5.41, 5.74) is 6.70. The number of hydrogen-bond donors (Lipinski definition) is 1.